The van der Waals surface area contributed by atoms with E-state index in [1.807, 2.05) is 0 Å². The van der Waals surface area contributed by atoms with Gasteiger partial charge in [0.05, 0.1) is 17.9 Å². The van der Waals surface area contributed by atoms with E-state index in [2.05, 4.69) is 26.1 Å². The number of halogens is 2. The molecule has 0 spiro atoms. The van der Waals surface area contributed by atoms with E-state index in [0.717, 1.165) is 0 Å². The lowest BCUT2D eigenvalue weighted by atomic mass is 9.72. The molecular formula is C15H16BrClN2O5. The molecule has 0 radical (unpaired) electrons. The lowest BCUT2D eigenvalue weighted by Crippen LogP contribution is -2.40. The van der Waals surface area contributed by atoms with Crippen LogP contribution in [-0.2, 0) is 22.6 Å². The minimum Gasteiger partial charge on any atom is -0.481 e. The summed E-state index contributed by atoms with van der Waals surface area (Å²) in [6.07, 6.45) is -0.0816. The van der Waals surface area contributed by atoms with E-state index in [1.54, 1.807) is 6.07 Å². The molecule has 0 aliphatic carbocycles. The minimum absolute atomic E-state index is 0.0816. The molecule has 1 unspecified atom stereocenters. The van der Waals surface area contributed by atoms with Crippen molar-refractivity contribution in [1.82, 2.24) is 10.2 Å². The molecule has 2 aromatic rings. The first-order chi connectivity index (χ1) is 11.1. The smallest absolute Gasteiger partial charge is 0.310 e. The molecule has 1 aromatic heterocycles. The minimum atomic E-state index is -1.56. The number of carbonyl (C=O) groups is 2. The number of rotatable bonds is 6. The van der Waals surface area contributed by atoms with Crippen LogP contribution in [0.1, 0.15) is 25.0 Å². The molecule has 0 fully saturated rings. The highest BCUT2D eigenvalue weighted by Crippen LogP contribution is 2.38. The lowest BCUT2D eigenvalue weighted by Gasteiger charge is -2.29. The number of carboxylic acid groups (broad SMARTS) is 2. The number of aromatic amines is 1. The first-order valence-corrected chi connectivity index (χ1v) is 8.21. The van der Waals surface area contributed by atoms with Crippen LogP contribution in [0.4, 0.5) is 0 Å². The van der Waals surface area contributed by atoms with Crippen LogP contribution in [0.3, 0.4) is 0 Å². The molecule has 1 heterocycles. The molecule has 0 aliphatic heterocycles. The highest BCUT2D eigenvalue weighted by atomic mass is 79.9. The zero-order valence-corrected chi connectivity index (χ0v) is 15.3. The molecule has 4 N–H and O–H groups in total. The standard InChI is InChI=1S/C15H16BrClN2O5/c1-6(13(21)22)15(2,14(23)24)4-7-3-9(16)11-10(8(7)5-20)12(17)19-18-11/h3,6,20H,4-5H2,1-2H3,(H,18,19)(H,21,22)(H,23,24)/t6?,15-/m0/s1. The van der Waals surface area contributed by atoms with Crippen molar-refractivity contribution in [3.05, 3.63) is 26.8 Å². The van der Waals surface area contributed by atoms with Crippen molar-refractivity contribution in [3.63, 3.8) is 0 Å². The zero-order valence-electron chi connectivity index (χ0n) is 12.9. The third-order valence-electron chi connectivity index (χ3n) is 4.47. The number of nitrogens with one attached hydrogen (secondary N) is 1. The normalized spacial score (nSPS) is 15.2. The molecule has 1 aromatic carbocycles. The molecule has 24 heavy (non-hydrogen) atoms. The molecule has 0 amide bonds. The Morgan fingerprint density at radius 2 is 2.08 bits per heavy atom. The molecule has 9 heteroatoms. The number of carboxylic acids is 2. The van der Waals surface area contributed by atoms with E-state index in [9.17, 15) is 24.9 Å². The fourth-order valence-corrected chi connectivity index (χ4v) is 3.47. The van der Waals surface area contributed by atoms with Gasteiger partial charge in [0.15, 0.2) is 0 Å². The number of aliphatic hydroxyl groups is 1. The number of aliphatic carboxylic acids is 2. The Labute approximate surface area is 150 Å². The van der Waals surface area contributed by atoms with Gasteiger partial charge in [-0.15, -0.1) is 0 Å². The fourth-order valence-electron chi connectivity index (χ4n) is 2.66. The predicted molar refractivity (Wildman–Crippen MR) is 91.0 cm³/mol. The molecular weight excluding hydrogens is 404 g/mol. The van der Waals surface area contributed by atoms with Gasteiger partial charge in [-0.25, -0.2) is 0 Å². The first kappa shape index (κ1) is 18.7. The molecule has 0 bridgehead atoms. The van der Waals surface area contributed by atoms with Gasteiger partial charge < -0.3 is 15.3 Å². The summed E-state index contributed by atoms with van der Waals surface area (Å²) in [5.41, 5.74) is -0.120. The largest absolute Gasteiger partial charge is 0.481 e. The maximum Gasteiger partial charge on any atom is 0.310 e. The van der Waals surface area contributed by atoms with Crippen LogP contribution in [0.15, 0.2) is 10.5 Å². The summed E-state index contributed by atoms with van der Waals surface area (Å²) >= 11 is 9.44. The second-order valence-electron chi connectivity index (χ2n) is 5.87. The maximum absolute atomic E-state index is 11.8. The van der Waals surface area contributed by atoms with E-state index in [-0.39, 0.29) is 18.2 Å². The monoisotopic (exact) mass is 418 g/mol. The quantitative estimate of drug-likeness (QED) is 0.571. The molecule has 0 saturated carbocycles. The van der Waals surface area contributed by atoms with Gasteiger partial charge in [0.1, 0.15) is 10.7 Å². The van der Waals surface area contributed by atoms with Crippen LogP contribution >= 0.6 is 27.5 Å². The second kappa shape index (κ2) is 6.70. The summed E-state index contributed by atoms with van der Waals surface area (Å²) in [7, 11) is 0. The van der Waals surface area contributed by atoms with Crippen molar-refractivity contribution in [3.8, 4) is 0 Å². The van der Waals surface area contributed by atoms with Crippen LogP contribution in [-0.4, -0.2) is 37.5 Å². The topological polar surface area (TPSA) is 124 Å². The number of fused-ring (bicyclic) bond motifs is 1. The van der Waals surface area contributed by atoms with Gasteiger partial charge in [-0.05, 0) is 46.5 Å². The van der Waals surface area contributed by atoms with Crippen molar-refractivity contribution in [1.29, 1.82) is 0 Å². The molecule has 130 valence electrons. The van der Waals surface area contributed by atoms with Crippen LogP contribution in [0.2, 0.25) is 5.15 Å². The average Bonchev–Trinajstić information content (AvgIpc) is 2.89. The van der Waals surface area contributed by atoms with Crippen molar-refractivity contribution in [2.45, 2.75) is 26.9 Å². The molecule has 2 atom stereocenters. The molecule has 0 saturated heterocycles. The van der Waals surface area contributed by atoms with Gasteiger partial charge in [0.2, 0.25) is 0 Å². The fraction of sp³-hybridized carbons (Fsp3) is 0.400. The highest BCUT2D eigenvalue weighted by molar-refractivity contribution is 9.10. The lowest BCUT2D eigenvalue weighted by molar-refractivity contribution is -0.160. The van der Waals surface area contributed by atoms with E-state index in [0.29, 0.717) is 26.5 Å². The van der Waals surface area contributed by atoms with Crippen LogP contribution in [0.5, 0.6) is 0 Å². The zero-order chi connectivity index (χ0) is 18.2. The molecule has 2 rings (SSSR count). The number of hydrogen-bond acceptors (Lipinski definition) is 4. The number of H-pyrrole nitrogens is 1. The van der Waals surface area contributed by atoms with Gasteiger partial charge in [-0.2, -0.15) is 5.10 Å². The summed E-state index contributed by atoms with van der Waals surface area (Å²) in [5, 5.41) is 36.0. The van der Waals surface area contributed by atoms with E-state index < -0.39 is 23.3 Å². The van der Waals surface area contributed by atoms with Gasteiger partial charge >= 0.3 is 11.9 Å². The summed E-state index contributed by atoms with van der Waals surface area (Å²) in [5.74, 6) is -3.56. The predicted octanol–water partition coefficient (Wildman–Crippen LogP) is 2.83. The van der Waals surface area contributed by atoms with Crippen LogP contribution in [0.25, 0.3) is 10.9 Å². The third kappa shape index (κ3) is 3.01. The Hall–Kier alpha value is -1.64. The van der Waals surface area contributed by atoms with Crippen molar-refractivity contribution >= 4 is 50.4 Å². The summed E-state index contributed by atoms with van der Waals surface area (Å²) < 4.78 is 0.573. The Bertz CT molecular complexity index is 822. The van der Waals surface area contributed by atoms with Crippen molar-refractivity contribution in [2.24, 2.45) is 11.3 Å². The maximum atomic E-state index is 11.8. The van der Waals surface area contributed by atoms with E-state index in [4.69, 9.17) is 11.6 Å². The van der Waals surface area contributed by atoms with Crippen molar-refractivity contribution < 1.29 is 24.9 Å². The number of nitrogens with zero attached hydrogens (tertiary/aromatic N) is 1. The van der Waals surface area contributed by atoms with Crippen LogP contribution < -0.4 is 0 Å². The summed E-state index contributed by atoms with van der Waals surface area (Å²) in [6, 6.07) is 1.64. The first-order valence-electron chi connectivity index (χ1n) is 7.04. The Morgan fingerprint density at radius 1 is 1.46 bits per heavy atom. The Kier molecular flexibility index (Phi) is 5.22. The number of aromatic nitrogens is 2. The summed E-state index contributed by atoms with van der Waals surface area (Å²) in [6.45, 7) is 2.35. The third-order valence-corrected chi connectivity index (χ3v) is 5.35. The SMILES string of the molecule is CC(C(=O)O)[C@](C)(Cc1cc(Br)c2n[nH]c(Cl)c2c1CO)C(=O)O. The molecule has 0 aliphatic rings. The van der Waals surface area contributed by atoms with E-state index >= 15 is 0 Å². The number of benzene rings is 1. The number of aliphatic hydroxyl groups excluding tert-OH is 1. The Balaban J connectivity index is 2.65. The van der Waals surface area contributed by atoms with Gasteiger partial charge in [-0.3, -0.25) is 14.7 Å². The average molecular weight is 420 g/mol. The highest BCUT2D eigenvalue weighted by Gasteiger charge is 2.43. The van der Waals surface area contributed by atoms with Crippen molar-refractivity contribution in [2.75, 3.05) is 0 Å². The van der Waals surface area contributed by atoms with Gasteiger partial charge in [0, 0.05) is 9.86 Å². The van der Waals surface area contributed by atoms with E-state index in [1.165, 1.54) is 13.8 Å². The number of hydrogen-bond donors (Lipinski definition) is 4. The Morgan fingerprint density at radius 3 is 2.58 bits per heavy atom. The van der Waals surface area contributed by atoms with Gasteiger partial charge in [-0.1, -0.05) is 18.5 Å². The summed E-state index contributed by atoms with van der Waals surface area (Å²) in [4.78, 5) is 23.1. The molecule has 7 nitrogen and oxygen atoms in total. The van der Waals surface area contributed by atoms with Gasteiger partial charge in [0.25, 0.3) is 0 Å². The second-order valence-corrected chi connectivity index (χ2v) is 7.11. The van der Waals surface area contributed by atoms with Crippen LogP contribution in [0, 0.1) is 11.3 Å².